The van der Waals surface area contributed by atoms with Gasteiger partial charge in [-0.15, -0.1) is 0 Å². The van der Waals surface area contributed by atoms with Crippen molar-refractivity contribution in [3.8, 4) is 11.8 Å². The number of rotatable bonds is 5. The maximum Gasteiger partial charge on any atom is 0.128 e. The Morgan fingerprint density at radius 2 is 1.78 bits per heavy atom. The number of halogens is 1. The summed E-state index contributed by atoms with van der Waals surface area (Å²) in [5.41, 5.74) is 7.45. The van der Waals surface area contributed by atoms with Crippen LogP contribution in [-0.4, -0.2) is 58.7 Å². The summed E-state index contributed by atoms with van der Waals surface area (Å²) in [5, 5.41) is 0.642. The third-order valence-electron chi connectivity index (χ3n) is 7.27. The minimum absolute atomic E-state index is 0.642. The molecule has 0 N–H and O–H groups in total. The summed E-state index contributed by atoms with van der Waals surface area (Å²) in [6.45, 7) is 5.53. The summed E-state index contributed by atoms with van der Waals surface area (Å²) in [4.78, 5) is 18.8. The highest BCUT2D eigenvalue weighted by atomic mass is 35.5. The summed E-state index contributed by atoms with van der Waals surface area (Å²) in [6.07, 6.45) is 8.03. The van der Waals surface area contributed by atoms with E-state index in [1.807, 2.05) is 30.6 Å². The van der Waals surface area contributed by atoms with E-state index in [1.165, 1.54) is 24.0 Å². The van der Waals surface area contributed by atoms with E-state index >= 15 is 0 Å². The van der Waals surface area contributed by atoms with Crippen molar-refractivity contribution in [3.63, 3.8) is 0 Å². The third-order valence-corrected chi connectivity index (χ3v) is 7.60. The number of aliphatic imine (C=N–C) groups is 1. The highest BCUT2D eigenvalue weighted by Crippen LogP contribution is 2.32. The Hall–Kier alpha value is -3.04. The molecule has 1 aliphatic carbocycles. The molecule has 6 rings (SSSR count). The number of hydrogen-bond donors (Lipinski definition) is 0. The van der Waals surface area contributed by atoms with Gasteiger partial charge in [-0.2, -0.15) is 0 Å². The Labute approximate surface area is 218 Å². The summed E-state index contributed by atoms with van der Waals surface area (Å²) in [6, 6.07) is 12.7. The van der Waals surface area contributed by atoms with E-state index in [-0.39, 0.29) is 0 Å². The first kappa shape index (κ1) is 23.4. The van der Waals surface area contributed by atoms with Gasteiger partial charge in [-0.1, -0.05) is 41.6 Å². The van der Waals surface area contributed by atoms with E-state index in [2.05, 4.69) is 56.9 Å². The molecule has 36 heavy (non-hydrogen) atoms. The summed E-state index contributed by atoms with van der Waals surface area (Å²) in [7, 11) is 2.20. The van der Waals surface area contributed by atoms with Gasteiger partial charge in [0.25, 0.3) is 0 Å². The first-order valence-corrected chi connectivity index (χ1v) is 13.2. The number of likely N-dealkylation sites (N-methyl/N-ethyl adjacent to an activating group) is 1. The lowest BCUT2D eigenvalue weighted by molar-refractivity contribution is 0.148. The molecule has 0 atom stereocenters. The van der Waals surface area contributed by atoms with E-state index < -0.39 is 0 Å². The maximum absolute atomic E-state index is 6.49. The molecule has 0 spiro atoms. The number of piperazine rings is 1. The first-order chi connectivity index (χ1) is 17.6. The summed E-state index contributed by atoms with van der Waals surface area (Å²) < 4.78 is 0. The van der Waals surface area contributed by atoms with Crippen LogP contribution in [0.5, 0.6) is 0 Å². The molecule has 0 unspecified atom stereocenters. The molecule has 2 aliphatic heterocycles. The minimum Gasteiger partial charge on any atom is -0.304 e. The molecular formula is C30H30ClN5. The molecule has 6 heteroatoms. The van der Waals surface area contributed by atoms with Gasteiger partial charge in [0.1, 0.15) is 5.82 Å². The quantitative estimate of drug-likeness (QED) is 0.472. The minimum atomic E-state index is 0.642. The van der Waals surface area contributed by atoms with E-state index in [9.17, 15) is 0 Å². The second-order valence-corrected chi connectivity index (χ2v) is 10.7. The molecule has 0 radical (unpaired) electrons. The van der Waals surface area contributed by atoms with Gasteiger partial charge in [-0.05, 0) is 60.7 Å². The lowest BCUT2D eigenvalue weighted by atomic mass is 10.0. The Morgan fingerprint density at radius 1 is 0.972 bits per heavy atom. The largest absolute Gasteiger partial charge is 0.304 e. The Morgan fingerprint density at radius 3 is 2.56 bits per heavy atom. The van der Waals surface area contributed by atoms with Gasteiger partial charge in [-0.25, -0.2) is 9.97 Å². The predicted molar refractivity (Wildman–Crippen MR) is 145 cm³/mol. The lowest BCUT2D eigenvalue weighted by Crippen LogP contribution is -2.43. The Kier molecular flexibility index (Phi) is 6.58. The molecule has 0 amide bonds. The van der Waals surface area contributed by atoms with Crippen molar-refractivity contribution in [1.29, 1.82) is 0 Å². The van der Waals surface area contributed by atoms with E-state index in [1.54, 1.807) is 0 Å². The highest BCUT2D eigenvalue weighted by Gasteiger charge is 2.22. The van der Waals surface area contributed by atoms with Gasteiger partial charge in [0.15, 0.2) is 0 Å². The van der Waals surface area contributed by atoms with Crippen LogP contribution < -0.4 is 0 Å². The zero-order chi connectivity index (χ0) is 24.5. The van der Waals surface area contributed by atoms with Crippen LogP contribution in [0.3, 0.4) is 0 Å². The van der Waals surface area contributed by atoms with Gasteiger partial charge in [0, 0.05) is 63.5 Å². The molecule has 5 nitrogen and oxygen atoms in total. The van der Waals surface area contributed by atoms with Gasteiger partial charge in [0.2, 0.25) is 0 Å². The average molecular weight is 496 g/mol. The molecule has 3 aliphatic rings. The van der Waals surface area contributed by atoms with Gasteiger partial charge >= 0.3 is 0 Å². The molecule has 2 fully saturated rings. The number of benzene rings is 2. The van der Waals surface area contributed by atoms with E-state index in [4.69, 9.17) is 16.6 Å². The van der Waals surface area contributed by atoms with Gasteiger partial charge < -0.3 is 4.90 Å². The van der Waals surface area contributed by atoms with Crippen LogP contribution in [0, 0.1) is 17.8 Å². The van der Waals surface area contributed by atoms with Crippen molar-refractivity contribution >= 4 is 23.0 Å². The van der Waals surface area contributed by atoms with Crippen LogP contribution in [0.15, 0.2) is 53.8 Å². The van der Waals surface area contributed by atoms with Crippen LogP contribution >= 0.6 is 11.6 Å². The number of hydrogen-bond acceptors (Lipinski definition) is 5. The molecular weight excluding hydrogens is 466 g/mol. The van der Waals surface area contributed by atoms with Crippen LogP contribution in [0.4, 0.5) is 5.69 Å². The first-order valence-electron chi connectivity index (χ1n) is 12.8. The van der Waals surface area contributed by atoms with E-state index in [0.29, 0.717) is 5.02 Å². The monoisotopic (exact) mass is 495 g/mol. The van der Waals surface area contributed by atoms with Crippen LogP contribution in [0.2, 0.25) is 5.02 Å². The van der Waals surface area contributed by atoms with Crippen LogP contribution in [-0.2, 0) is 19.4 Å². The van der Waals surface area contributed by atoms with Crippen molar-refractivity contribution in [2.45, 2.75) is 32.2 Å². The second kappa shape index (κ2) is 10.1. The van der Waals surface area contributed by atoms with Crippen molar-refractivity contribution in [2.75, 3.05) is 33.2 Å². The third kappa shape index (κ3) is 5.52. The van der Waals surface area contributed by atoms with E-state index in [0.717, 1.165) is 85.4 Å². The number of fused-ring (bicyclic) bond motifs is 1. The standard InChI is InChI=1S/C30H30ClN5/c1-35-10-12-36(13-11-35)20-22-5-9-28-26(14-22)17-29(34-28)25-7-8-27(31)24(16-25)6-4-23-18-32-30(33-19-23)15-21-2-3-21/h5,7-9,14,16,18-19,21H,2-3,10-13,15,17,20H2,1H3. The van der Waals surface area contributed by atoms with Crippen molar-refractivity contribution in [3.05, 3.63) is 87.5 Å². The molecule has 1 aromatic heterocycles. The highest BCUT2D eigenvalue weighted by molar-refractivity contribution is 6.32. The molecule has 182 valence electrons. The Bertz CT molecular complexity index is 1360. The maximum atomic E-state index is 6.49. The van der Waals surface area contributed by atoms with Crippen molar-refractivity contribution < 1.29 is 0 Å². The predicted octanol–water partition coefficient (Wildman–Crippen LogP) is 4.91. The molecule has 3 aromatic rings. The fraction of sp³-hybridized carbons (Fsp3) is 0.367. The number of aromatic nitrogens is 2. The molecule has 3 heterocycles. The Balaban J connectivity index is 1.14. The lowest BCUT2D eigenvalue weighted by Gasteiger charge is -2.32. The van der Waals surface area contributed by atoms with Gasteiger partial charge in [-0.3, -0.25) is 9.89 Å². The summed E-state index contributed by atoms with van der Waals surface area (Å²) in [5.74, 6) is 8.08. The second-order valence-electron chi connectivity index (χ2n) is 10.3. The topological polar surface area (TPSA) is 44.6 Å². The SMILES string of the molecule is CN1CCN(Cc2ccc3c(c2)CC(c2ccc(Cl)c(C#Cc4cnc(CC5CC5)nc4)c2)=N3)CC1. The zero-order valence-corrected chi connectivity index (χ0v) is 21.4. The van der Waals surface area contributed by atoms with Crippen molar-refractivity contribution in [1.82, 2.24) is 19.8 Å². The molecule has 0 bridgehead atoms. The van der Waals surface area contributed by atoms with Crippen LogP contribution in [0.25, 0.3) is 0 Å². The van der Waals surface area contributed by atoms with Crippen molar-refractivity contribution in [2.24, 2.45) is 10.9 Å². The van der Waals surface area contributed by atoms with Gasteiger partial charge in [0.05, 0.1) is 22.0 Å². The molecule has 1 saturated carbocycles. The number of nitrogens with zero attached hydrogens (tertiary/aromatic N) is 5. The fourth-order valence-electron chi connectivity index (χ4n) is 4.83. The fourth-order valence-corrected chi connectivity index (χ4v) is 4.99. The van der Waals surface area contributed by atoms with Crippen LogP contribution in [0.1, 0.15) is 46.5 Å². The molecule has 2 aromatic carbocycles. The smallest absolute Gasteiger partial charge is 0.128 e. The molecule has 1 saturated heterocycles. The zero-order valence-electron chi connectivity index (χ0n) is 20.7. The average Bonchev–Trinajstić information content (AvgIpc) is 3.61. The summed E-state index contributed by atoms with van der Waals surface area (Å²) >= 11 is 6.49. The normalized spacial score (nSPS) is 17.9.